The lowest BCUT2D eigenvalue weighted by molar-refractivity contribution is -0.151. The van der Waals surface area contributed by atoms with Crippen LogP contribution in [0.5, 0.6) is 0 Å². The number of aromatic nitrogens is 1. The van der Waals surface area contributed by atoms with Gasteiger partial charge in [0.25, 0.3) is 0 Å². The Morgan fingerprint density at radius 2 is 2.32 bits per heavy atom. The van der Waals surface area contributed by atoms with Gasteiger partial charge in [-0.05, 0) is 12.1 Å². The number of carbonyl (C=O) groups excluding carboxylic acids is 1. The minimum absolute atomic E-state index is 0.0503. The van der Waals surface area contributed by atoms with Crippen LogP contribution in [0, 0.1) is 10.6 Å². The topological polar surface area (TPSA) is 71.8 Å². The van der Waals surface area contributed by atoms with Crippen molar-refractivity contribution >= 4 is 35.9 Å². The summed E-state index contributed by atoms with van der Waals surface area (Å²) < 4.78 is 1.91. The lowest BCUT2D eigenvalue weighted by Crippen LogP contribution is -2.60. The van der Waals surface area contributed by atoms with E-state index in [1.165, 1.54) is 9.63 Å². The highest BCUT2D eigenvalue weighted by atomic mass is 32.2. The van der Waals surface area contributed by atoms with Crippen molar-refractivity contribution in [2.75, 3.05) is 12.4 Å². The van der Waals surface area contributed by atoms with Crippen LogP contribution >= 0.6 is 24.0 Å². The minimum Gasteiger partial charge on any atom is -0.477 e. The summed E-state index contributed by atoms with van der Waals surface area (Å²) in [5, 5.41) is 9.36. The molecule has 0 saturated carbocycles. The number of hydrogen-bond donors (Lipinski definition) is 1. The number of pyridine rings is 1. The van der Waals surface area contributed by atoms with Crippen LogP contribution < -0.4 is 4.84 Å². The maximum absolute atomic E-state index is 11.9. The molecule has 1 aromatic heterocycles. The molecule has 1 amide bonds. The van der Waals surface area contributed by atoms with Crippen LogP contribution in [0.3, 0.4) is 0 Å². The van der Waals surface area contributed by atoms with Gasteiger partial charge >= 0.3 is 5.97 Å². The Balaban J connectivity index is 1.84. The molecule has 0 spiro atoms. The second-order valence-corrected chi connectivity index (χ2v) is 6.62. The second kappa shape index (κ2) is 5.77. The zero-order valence-corrected chi connectivity index (χ0v) is 13.4. The predicted octanol–water partition coefficient (Wildman–Crippen LogP) is 1.54. The molecular weight excluding hydrogens is 324 g/mol. The molecule has 0 aliphatic carbocycles. The number of amides is 1. The van der Waals surface area contributed by atoms with Gasteiger partial charge in [-0.15, -0.1) is 11.8 Å². The number of thioether (sulfide) groups is 1. The zero-order valence-electron chi connectivity index (χ0n) is 11.8. The molecular formula is C14H14N2O4S2. The fourth-order valence-electron chi connectivity index (χ4n) is 2.52. The van der Waals surface area contributed by atoms with E-state index in [-0.39, 0.29) is 29.5 Å². The van der Waals surface area contributed by atoms with Gasteiger partial charge in [0, 0.05) is 17.5 Å². The third kappa shape index (κ3) is 2.42. The van der Waals surface area contributed by atoms with Gasteiger partial charge in [0.2, 0.25) is 5.91 Å². The van der Waals surface area contributed by atoms with E-state index in [1.807, 2.05) is 6.92 Å². The Morgan fingerprint density at radius 1 is 1.55 bits per heavy atom. The molecule has 3 rings (SSSR count). The van der Waals surface area contributed by atoms with Crippen LogP contribution in [0.1, 0.15) is 6.92 Å². The fraction of sp³-hybridized carbons (Fsp3) is 0.357. The molecule has 2 aliphatic heterocycles. The number of hydrogen-bond acceptors (Lipinski definition) is 5. The summed E-state index contributed by atoms with van der Waals surface area (Å²) in [7, 11) is 0. The van der Waals surface area contributed by atoms with Gasteiger partial charge in [0.05, 0.1) is 11.3 Å². The third-order valence-electron chi connectivity index (χ3n) is 3.68. The SMILES string of the molecule is C[C@@H]1C(=O)N2C(C(=O)O)=C(COn3ccccc3=S)CS[C@H]12. The van der Waals surface area contributed by atoms with Crippen molar-refractivity contribution < 1.29 is 19.5 Å². The highest BCUT2D eigenvalue weighted by molar-refractivity contribution is 8.00. The first-order valence-corrected chi connectivity index (χ1v) is 8.17. The van der Waals surface area contributed by atoms with E-state index in [2.05, 4.69) is 0 Å². The van der Waals surface area contributed by atoms with Crippen LogP contribution in [0.15, 0.2) is 35.7 Å². The number of carboxylic acids is 1. The Kier molecular flexibility index (Phi) is 3.96. The zero-order chi connectivity index (χ0) is 15.9. The molecule has 22 heavy (non-hydrogen) atoms. The lowest BCUT2D eigenvalue weighted by atomic mass is 9.98. The summed E-state index contributed by atoms with van der Waals surface area (Å²) in [6.07, 6.45) is 1.67. The van der Waals surface area contributed by atoms with Crippen LogP contribution in [0.4, 0.5) is 0 Å². The summed E-state index contributed by atoms with van der Waals surface area (Å²) >= 11 is 6.68. The normalized spacial score (nSPS) is 23.9. The van der Waals surface area contributed by atoms with E-state index >= 15 is 0 Å². The molecule has 0 aromatic carbocycles. The van der Waals surface area contributed by atoms with Gasteiger partial charge in [0.1, 0.15) is 16.9 Å². The number of rotatable bonds is 4. The van der Waals surface area contributed by atoms with Gasteiger partial charge in [-0.2, -0.15) is 4.73 Å². The molecule has 2 aliphatic rings. The van der Waals surface area contributed by atoms with Gasteiger partial charge < -0.3 is 9.94 Å². The Bertz CT molecular complexity index is 728. The van der Waals surface area contributed by atoms with Gasteiger partial charge in [-0.3, -0.25) is 9.69 Å². The van der Waals surface area contributed by atoms with E-state index < -0.39 is 5.97 Å². The van der Waals surface area contributed by atoms with E-state index in [0.29, 0.717) is 16.0 Å². The summed E-state index contributed by atoms with van der Waals surface area (Å²) in [4.78, 5) is 30.4. The molecule has 3 heterocycles. The van der Waals surface area contributed by atoms with Gasteiger partial charge in [-0.1, -0.05) is 25.2 Å². The van der Waals surface area contributed by atoms with Crippen molar-refractivity contribution in [1.29, 1.82) is 0 Å². The first-order chi connectivity index (χ1) is 10.5. The summed E-state index contributed by atoms with van der Waals surface area (Å²) in [5.74, 6) is -0.852. The maximum Gasteiger partial charge on any atom is 0.352 e. The lowest BCUT2D eigenvalue weighted by Gasteiger charge is -2.48. The number of fused-ring (bicyclic) bond motifs is 1. The molecule has 1 fully saturated rings. The molecule has 1 saturated heterocycles. The van der Waals surface area contributed by atoms with Crippen molar-refractivity contribution in [3.8, 4) is 0 Å². The van der Waals surface area contributed by atoms with Crippen LogP contribution in [-0.4, -0.2) is 44.3 Å². The van der Waals surface area contributed by atoms with Gasteiger partial charge in [0.15, 0.2) is 0 Å². The number of carbonyl (C=O) groups is 2. The highest BCUT2D eigenvalue weighted by Gasteiger charge is 2.51. The predicted molar refractivity (Wildman–Crippen MR) is 83.6 cm³/mol. The smallest absolute Gasteiger partial charge is 0.352 e. The standard InChI is InChI=1S/C14H14N2O4S2/c1-8-12(17)16-11(14(18)19)9(7-22-13(8)16)6-20-15-5-3-2-4-10(15)21/h2-5,8,13H,6-7H2,1H3,(H,18,19)/t8-,13-/m1/s1. The molecule has 6 nitrogen and oxygen atoms in total. The molecule has 1 N–H and O–H groups in total. The van der Waals surface area contributed by atoms with Crippen molar-refractivity contribution in [3.05, 3.63) is 40.3 Å². The summed E-state index contributed by atoms with van der Waals surface area (Å²) in [6.45, 7) is 1.90. The Morgan fingerprint density at radius 3 is 3.00 bits per heavy atom. The van der Waals surface area contributed by atoms with Crippen LogP contribution in [0.2, 0.25) is 0 Å². The number of nitrogens with zero attached hydrogens (tertiary/aromatic N) is 2. The van der Waals surface area contributed by atoms with Crippen molar-refractivity contribution in [3.63, 3.8) is 0 Å². The van der Waals surface area contributed by atoms with E-state index in [1.54, 1.807) is 36.2 Å². The summed E-state index contributed by atoms with van der Waals surface area (Å²) in [5.41, 5.74) is 0.633. The highest BCUT2D eigenvalue weighted by Crippen LogP contribution is 2.43. The monoisotopic (exact) mass is 338 g/mol. The van der Waals surface area contributed by atoms with Crippen molar-refractivity contribution in [2.24, 2.45) is 5.92 Å². The van der Waals surface area contributed by atoms with E-state index in [0.717, 1.165) is 0 Å². The first-order valence-electron chi connectivity index (χ1n) is 6.71. The molecule has 0 bridgehead atoms. The van der Waals surface area contributed by atoms with Crippen molar-refractivity contribution in [1.82, 2.24) is 9.63 Å². The van der Waals surface area contributed by atoms with Gasteiger partial charge in [-0.25, -0.2) is 4.79 Å². The van der Waals surface area contributed by atoms with E-state index in [4.69, 9.17) is 17.1 Å². The number of β-lactam (4-membered cyclic amide) rings is 1. The minimum atomic E-state index is -1.10. The third-order valence-corrected chi connectivity index (χ3v) is 5.47. The number of aliphatic carboxylic acids is 1. The average Bonchev–Trinajstić information content (AvgIpc) is 2.52. The first kappa shape index (κ1) is 15.1. The summed E-state index contributed by atoms with van der Waals surface area (Å²) in [6, 6.07) is 5.29. The molecule has 8 heteroatoms. The molecule has 0 radical (unpaired) electrons. The Hall–Kier alpha value is -1.80. The fourth-order valence-corrected chi connectivity index (χ4v) is 4.07. The van der Waals surface area contributed by atoms with Crippen molar-refractivity contribution in [2.45, 2.75) is 12.3 Å². The maximum atomic E-state index is 11.9. The molecule has 2 atom stereocenters. The molecule has 0 unspecified atom stereocenters. The average molecular weight is 338 g/mol. The number of carboxylic acid groups (broad SMARTS) is 1. The Labute approximate surface area is 136 Å². The largest absolute Gasteiger partial charge is 0.477 e. The van der Waals surface area contributed by atoms with E-state index in [9.17, 15) is 14.7 Å². The second-order valence-electron chi connectivity index (χ2n) is 5.09. The quantitative estimate of drug-likeness (QED) is 0.663. The molecule has 1 aromatic rings. The molecule has 116 valence electrons. The van der Waals surface area contributed by atoms with Crippen LogP contribution in [0.25, 0.3) is 0 Å². The van der Waals surface area contributed by atoms with Crippen LogP contribution in [-0.2, 0) is 9.59 Å².